The molecule has 1 aromatic carbocycles. The number of nitrogens with zero attached hydrogens (tertiary/aromatic N) is 1. The van der Waals surface area contributed by atoms with Crippen LogP contribution in [-0.2, 0) is 22.6 Å². The Bertz CT molecular complexity index is 536. The second-order valence-corrected chi connectivity index (χ2v) is 6.96. The zero-order valence-corrected chi connectivity index (χ0v) is 16.8. The van der Waals surface area contributed by atoms with E-state index in [0.29, 0.717) is 19.0 Å². The van der Waals surface area contributed by atoms with Gasteiger partial charge in [-0.2, -0.15) is 0 Å². The molecule has 1 aliphatic heterocycles. The Morgan fingerprint density at radius 2 is 1.77 bits per heavy atom. The minimum Gasteiger partial charge on any atom is -0.379 e. The number of morpholine rings is 1. The molecule has 3 rings (SSSR count). The fourth-order valence-corrected chi connectivity index (χ4v) is 3.76. The molecule has 0 unspecified atom stereocenters. The first-order valence-corrected chi connectivity index (χ1v) is 9.12. The topological polar surface area (TPSA) is 67.6 Å². The molecule has 1 saturated carbocycles. The number of benzene rings is 1. The Hall–Kier alpha value is -0.850. The maximum atomic E-state index is 12.3. The summed E-state index contributed by atoms with van der Waals surface area (Å²) in [6.07, 6.45) is 3.19. The first-order valence-electron chi connectivity index (χ1n) is 9.12. The lowest BCUT2D eigenvalue weighted by atomic mass is 9.95. The normalized spacial score (nSPS) is 23.0. The maximum Gasteiger partial charge on any atom is 0.223 e. The van der Waals surface area contributed by atoms with Gasteiger partial charge >= 0.3 is 0 Å². The molecule has 1 heterocycles. The van der Waals surface area contributed by atoms with E-state index in [9.17, 15) is 4.79 Å². The van der Waals surface area contributed by atoms with Crippen LogP contribution in [0.2, 0.25) is 0 Å². The average Bonchev–Trinajstić information content (AvgIpc) is 3.10. The quantitative estimate of drug-likeness (QED) is 0.764. The number of halogens is 2. The molecule has 1 aromatic rings. The molecule has 0 spiro atoms. The van der Waals surface area contributed by atoms with Crippen molar-refractivity contribution in [3.63, 3.8) is 0 Å². The Morgan fingerprint density at radius 1 is 1.12 bits per heavy atom. The number of hydrogen-bond donors (Lipinski definition) is 2. The molecule has 5 nitrogen and oxygen atoms in total. The Labute approximate surface area is 168 Å². The zero-order valence-electron chi connectivity index (χ0n) is 15.2. The highest BCUT2D eigenvalue weighted by Gasteiger charge is 2.31. The Balaban J connectivity index is 0.00000169. The van der Waals surface area contributed by atoms with Crippen molar-refractivity contribution < 1.29 is 9.53 Å². The predicted octanol–water partition coefficient (Wildman–Crippen LogP) is 2.35. The van der Waals surface area contributed by atoms with E-state index in [1.165, 1.54) is 5.56 Å². The first-order chi connectivity index (χ1) is 11.8. The highest BCUT2D eigenvalue weighted by Crippen LogP contribution is 2.30. The van der Waals surface area contributed by atoms with Crippen molar-refractivity contribution in [3.8, 4) is 0 Å². The second-order valence-electron chi connectivity index (χ2n) is 6.96. The smallest absolute Gasteiger partial charge is 0.223 e. The summed E-state index contributed by atoms with van der Waals surface area (Å²) < 4.78 is 5.38. The van der Waals surface area contributed by atoms with Gasteiger partial charge in [-0.3, -0.25) is 9.69 Å². The van der Waals surface area contributed by atoms with Gasteiger partial charge < -0.3 is 15.8 Å². The van der Waals surface area contributed by atoms with Gasteiger partial charge in [0.15, 0.2) is 0 Å². The summed E-state index contributed by atoms with van der Waals surface area (Å²) in [7, 11) is 0. The molecular formula is C19H31Cl2N3O2. The van der Waals surface area contributed by atoms with Crippen LogP contribution < -0.4 is 11.1 Å². The van der Waals surface area contributed by atoms with Gasteiger partial charge in [0.25, 0.3) is 0 Å². The lowest BCUT2D eigenvalue weighted by Crippen LogP contribution is -2.35. The number of nitrogens with two attached hydrogens (primary N) is 1. The highest BCUT2D eigenvalue weighted by molar-refractivity contribution is 5.85. The predicted molar refractivity (Wildman–Crippen MR) is 109 cm³/mol. The van der Waals surface area contributed by atoms with E-state index in [4.69, 9.17) is 10.5 Å². The molecule has 1 aliphatic carbocycles. The monoisotopic (exact) mass is 403 g/mol. The van der Waals surface area contributed by atoms with Gasteiger partial charge in [-0.15, -0.1) is 24.8 Å². The Morgan fingerprint density at radius 3 is 2.42 bits per heavy atom. The molecule has 3 N–H and O–H groups in total. The van der Waals surface area contributed by atoms with E-state index in [1.54, 1.807) is 0 Å². The summed E-state index contributed by atoms with van der Waals surface area (Å²) in [4.78, 5) is 14.7. The van der Waals surface area contributed by atoms with Gasteiger partial charge in [-0.1, -0.05) is 30.7 Å². The molecule has 148 valence electrons. The number of nitrogens with one attached hydrogen (secondary N) is 1. The van der Waals surface area contributed by atoms with Crippen LogP contribution in [-0.4, -0.2) is 43.7 Å². The first kappa shape index (κ1) is 23.2. The van der Waals surface area contributed by atoms with Crippen LogP contribution in [0.25, 0.3) is 0 Å². The van der Waals surface area contributed by atoms with Crippen molar-refractivity contribution in [2.75, 3.05) is 32.8 Å². The van der Waals surface area contributed by atoms with Gasteiger partial charge in [0.1, 0.15) is 0 Å². The van der Waals surface area contributed by atoms with E-state index in [2.05, 4.69) is 34.5 Å². The molecular weight excluding hydrogens is 373 g/mol. The highest BCUT2D eigenvalue weighted by atomic mass is 35.5. The molecule has 0 radical (unpaired) electrons. The fourth-order valence-electron chi connectivity index (χ4n) is 3.76. The van der Waals surface area contributed by atoms with Crippen molar-refractivity contribution in [2.24, 2.45) is 17.6 Å². The van der Waals surface area contributed by atoms with Gasteiger partial charge in [-0.05, 0) is 36.4 Å². The molecule has 2 fully saturated rings. The molecule has 26 heavy (non-hydrogen) atoms. The molecule has 1 amide bonds. The van der Waals surface area contributed by atoms with Crippen LogP contribution in [0.3, 0.4) is 0 Å². The molecule has 0 bridgehead atoms. The van der Waals surface area contributed by atoms with Crippen LogP contribution >= 0.6 is 24.8 Å². The van der Waals surface area contributed by atoms with Gasteiger partial charge in [0.2, 0.25) is 5.91 Å². The standard InChI is InChI=1S/C19H29N3O2.2ClH/c20-12-17-2-1-3-18(17)19(23)21-13-15-4-6-16(7-5-15)14-22-8-10-24-11-9-22;;/h4-7,17-18H,1-3,8-14,20H2,(H,21,23);2*1H/t17-,18-;;/m1../s1. The van der Waals surface area contributed by atoms with E-state index in [1.807, 2.05) is 0 Å². The number of ether oxygens (including phenoxy) is 1. The number of amides is 1. The largest absolute Gasteiger partial charge is 0.379 e. The lowest BCUT2D eigenvalue weighted by Gasteiger charge is -2.26. The molecule has 0 aromatic heterocycles. The van der Waals surface area contributed by atoms with Crippen LogP contribution in [0.5, 0.6) is 0 Å². The second kappa shape index (κ2) is 11.8. The minimum absolute atomic E-state index is 0. The summed E-state index contributed by atoms with van der Waals surface area (Å²) >= 11 is 0. The number of carbonyl (C=O) groups is 1. The van der Waals surface area contributed by atoms with Crippen LogP contribution in [0.1, 0.15) is 30.4 Å². The van der Waals surface area contributed by atoms with Crippen molar-refractivity contribution in [3.05, 3.63) is 35.4 Å². The van der Waals surface area contributed by atoms with Crippen LogP contribution in [0, 0.1) is 11.8 Å². The lowest BCUT2D eigenvalue weighted by molar-refractivity contribution is -0.126. The summed E-state index contributed by atoms with van der Waals surface area (Å²) in [6, 6.07) is 8.56. The SMILES string of the molecule is Cl.Cl.NC[C@H]1CCC[C@H]1C(=O)NCc1ccc(CN2CCOCC2)cc1. The number of hydrogen-bond acceptors (Lipinski definition) is 4. The third-order valence-electron chi connectivity index (χ3n) is 5.30. The maximum absolute atomic E-state index is 12.3. The molecule has 7 heteroatoms. The molecule has 2 aliphatic rings. The summed E-state index contributed by atoms with van der Waals surface area (Å²) in [6.45, 7) is 5.85. The zero-order chi connectivity index (χ0) is 16.8. The number of rotatable bonds is 6. The van der Waals surface area contributed by atoms with Gasteiger partial charge in [-0.25, -0.2) is 0 Å². The average molecular weight is 404 g/mol. The van der Waals surface area contributed by atoms with E-state index in [-0.39, 0.29) is 36.6 Å². The van der Waals surface area contributed by atoms with Crippen molar-refractivity contribution in [2.45, 2.75) is 32.4 Å². The third-order valence-corrected chi connectivity index (χ3v) is 5.30. The Kier molecular flexibility index (Phi) is 10.5. The van der Waals surface area contributed by atoms with E-state index in [0.717, 1.165) is 57.7 Å². The van der Waals surface area contributed by atoms with Crippen LogP contribution in [0.15, 0.2) is 24.3 Å². The van der Waals surface area contributed by atoms with Gasteiger partial charge in [0, 0.05) is 32.1 Å². The fraction of sp³-hybridized carbons (Fsp3) is 0.632. The molecule has 1 saturated heterocycles. The van der Waals surface area contributed by atoms with Crippen molar-refractivity contribution in [1.82, 2.24) is 10.2 Å². The van der Waals surface area contributed by atoms with Crippen LogP contribution in [0.4, 0.5) is 0 Å². The van der Waals surface area contributed by atoms with Crippen molar-refractivity contribution >= 4 is 30.7 Å². The van der Waals surface area contributed by atoms with E-state index >= 15 is 0 Å². The summed E-state index contributed by atoms with van der Waals surface area (Å²) in [5, 5.41) is 3.08. The summed E-state index contributed by atoms with van der Waals surface area (Å²) in [5.74, 6) is 0.636. The minimum atomic E-state index is 0. The van der Waals surface area contributed by atoms with Gasteiger partial charge in [0.05, 0.1) is 13.2 Å². The van der Waals surface area contributed by atoms with Crippen molar-refractivity contribution in [1.29, 1.82) is 0 Å². The van der Waals surface area contributed by atoms with E-state index < -0.39 is 0 Å². The number of carbonyl (C=O) groups excluding carboxylic acids is 1. The summed E-state index contributed by atoms with van der Waals surface area (Å²) in [5.41, 5.74) is 8.23. The third kappa shape index (κ3) is 6.39. The molecule has 2 atom stereocenters.